The van der Waals surface area contributed by atoms with Gasteiger partial charge in [-0.1, -0.05) is 12.1 Å². The number of esters is 1. The molecule has 0 fully saturated rings. The van der Waals surface area contributed by atoms with Gasteiger partial charge in [0.25, 0.3) is 0 Å². The minimum atomic E-state index is -0.401. The second-order valence-corrected chi connectivity index (χ2v) is 4.73. The highest BCUT2D eigenvalue weighted by molar-refractivity contribution is 5.89. The van der Waals surface area contributed by atoms with Crippen molar-refractivity contribution in [3.63, 3.8) is 0 Å². The molecule has 0 N–H and O–H groups in total. The Morgan fingerprint density at radius 3 is 2.65 bits per heavy atom. The monoisotopic (exact) mass is 314 g/mol. The van der Waals surface area contributed by atoms with Gasteiger partial charge in [0.2, 0.25) is 0 Å². The average Bonchev–Trinajstić information content (AvgIpc) is 2.60. The Bertz CT molecular complexity index is 694. The summed E-state index contributed by atoms with van der Waals surface area (Å²) >= 11 is 0. The quantitative estimate of drug-likeness (QED) is 0.580. The molecule has 0 unspecified atom stereocenters. The van der Waals surface area contributed by atoms with Crippen LogP contribution in [0.5, 0.6) is 11.5 Å². The highest BCUT2D eigenvalue weighted by Crippen LogP contribution is 2.24. The van der Waals surface area contributed by atoms with Gasteiger partial charge in [-0.3, -0.25) is 4.79 Å². The lowest BCUT2D eigenvalue weighted by molar-refractivity contribution is 0.0600. The Kier molecular flexibility index (Phi) is 5.74. The van der Waals surface area contributed by atoms with E-state index >= 15 is 0 Å². The fourth-order valence-electron chi connectivity index (χ4n) is 2.07. The van der Waals surface area contributed by atoms with Crippen LogP contribution in [0.2, 0.25) is 0 Å². The zero-order chi connectivity index (χ0) is 16.7. The fraction of sp³-hybridized carbons (Fsp3) is 0.222. The van der Waals surface area contributed by atoms with Gasteiger partial charge in [0.15, 0.2) is 6.29 Å². The molecule has 0 saturated heterocycles. The van der Waals surface area contributed by atoms with Crippen LogP contribution in [0.25, 0.3) is 0 Å². The Morgan fingerprint density at radius 1 is 1.13 bits per heavy atom. The first-order chi connectivity index (χ1) is 11.2. The number of aldehydes is 1. The third kappa shape index (κ3) is 4.32. The molecule has 0 atom stereocenters. The second kappa shape index (κ2) is 7.98. The summed E-state index contributed by atoms with van der Waals surface area (Å²) in [5.41, 5.74) is 1.68. The van der Waals surface area contributed by atoms with Crippen molar-refractivity contribution in [2.45, 2.75) is 13.5 Å². The summed E-state index contributed by atoms with van der Waals surface area (Å²) in [6.45, 7) is 2.64. The fourth-order valence-corrected chi connectivity index (χ4v) is 2.07. The molecule has 0 amide bonds. The highest BCUT2D eigenvalue weighted by atomic mass is 16.5. The summed E-state index contributed by atoms with van der Waals surface area (Å²) in [5.74, 6) is 0.683. The molecule has 120 valence electrons. The van der Waals surface area contributed by atoms with Crippen LogP contribution in [-0.4, -0.2) is 26.0 Å². The molecule has 2 rings (SSSR count). The maximum Gasteiger partial charge on any atom is 0.337 e. The maximum atomic E-state index is 11.5. The summed E-state index contributed by atoms with van der Waals surface area (Å²) in [5, 5.41) is 0. The van der Waals surface area contributed by atoms with Crippen molar-refractivity contribution in [3.05, 3.63) is 59.2 Å². The van der Waals surface area contributed by atoms with E-state index in [0.29, 0.717) is 29.2 Å². The van der Waals surface area contributed by atoms with Crippen molar-refractivity contribution < 1.29 is 23.8 Å². The van der Waals surface area contributed by atoms with Gasteiger partial charge in [0.1, 0.15) is 18.1 Å². The lowest BCUT2D eigenvalue weighted by Crippen LogP contribution is -2.04. The Balaban J connectivity index is 2.11. The van der Waals surface area contributed by atoms with Crippen LogP contribution in [0.4, 0.5) is 0 Å². The van der Waals surface area contributed by atoms with E-state index in [-0.39, 0.29) is 6.61 Å². The van der Waals surface area contributed by atoms with E-state index in [1.54, 1.807) is 36.4 Å². The van der Waals surface area contributed by atoms with Crippen LogP contribution in [-0.2, 0) is 11.3 Å². The molecule has 0 bridgehead atoms. The number of rotatable bonds is 7. The average molecular weight is 314 g/mol. The molecular formula is C18H18O5. The lowest BCUT2D eigenvalue weighted by Gasteiger charge is -2.11. The van der Waals surface area contributed by atoms with Gasteiger partial charge in [0.05, 0.1) is 24.8 Å². The van der Waals surface area contributed by atoms with Gasteiger partial charge in [-0.25, -0.2) is 4.79 Å². The van der Waals surface area contributed by atoms with Gasteiger partial charge in [-0.05, 0) is 42.8 Å². The third-order valence-electron chi connectivity index (χ3n) is 3.16. The minimum absolute atomic E-state index is 0.236. The van der Waals surface area contributed by atoms with E-state index in [1.165, 1.54) is 7.11 Å². The molecule has 0 aliphatic carbocycles. The molecule has 5 nitrogen and oxygen atoms in total. The number of carbonyl (C=O) groups excluding carboxylic acids is 2. The first-order valence-corrected chi connectivity index (χ1v) is 7.20. The predicted octanol–water partition coefficient (Wildman–Crippen LogP) is 3.26. The van der Waals surface area contributed by atoms with Crippen LogP contribution < -0.4 is 9.47 Å². The van der Waals surface area contributed by atoms with E-state index < -0.39 is 5.97 Å². The van der Waals surface area contributed by atoms with E-state index in [1.807, 2.05) is 13.0 Å². The van der Waals surface area contributed by atoms with E-state index in [4.69, 9.17) is 9.47 Å². The molecule has 0 aromatic heterocycles. The van der Waals surface area contributed by atoms with Gasteiger partial charge in [0, 0.05) is 0 Å². The molecule has 0 aliphatic heterocycles. The number of hydrogen-bond donors (Lipinski definition) is 0. The van der Waals surface area contributed by atoms with Crippen molar-refractivity contribution in [2.75, 3.05) is 13.7 Å². The number of benzene rings is 2. The summed E-state index contributed by atoms with van der Waals surface area (Å²) in [6, 6.07) is 12.0. The van der Waals surface area contributed by atoms with Gasteiger partial charge >= 0.3 is 5.97 Å². The van der Waals surface area contributed by atoms with E-state index in [2.05, 4.69) is 4.74 Å². The van der Waals surface area contributed by atoms with Crippen molar-refractivity contribution in [1.82, 2.24) is 0 Å². The zero-order valence-electron chi connectivity index (χ0n) is 13.1. The largest absolute Gasteiger partial charge is 0.494 e. The number of ether oxygens (including phenoxy) is 3. The molecule has 0 radical (unpaired) electrons. The molecular weight excluding hydrogens is 296 g/mol. The smallest absolute Gasteiger partial charge is 0.337 e. The van der Waals surface area contributed by atoms with E-state index in [9.17, 15) is 9.59 Å². The Hall–Kier alpha value is -2.82. The van der Waals surface area contributed by atoms with E-state index in [0.717, 1.165) is 11.8 Å². The molecule has 2 aromatic carbocycles. The number of hydrogen-bond acceptors (Lipinski definition) is 5. The first-order valence-electron chi connectivity index (χ1n) is 7.20. The van der Waals surface area contributed by atoms with Gasteiger partial charge in [-0.15, -0.1) is 0 Å². The van der Waals surface area contributed by atoms with Crippen LogP contribution >= 0.6 is 0 Å². The zero-order valence-corrected chi connectivity index (χ0v) is 13.1. The SMILES string of the molecule is CCOc1ccc(OCc2cccc(C(=O)OC)c2)c(C=O)c1. The molecule has 0 saturated carbocycles. The molecule has 0 heterocycles. The number of carbonyl (C=O) groups is 2. The summed E-state index contributed by atoms with van der Waals surface area (Å²) in [7, 11) is 1.34. The van der Waals surface area contributed by atoms with Crippen LogP contribution in [0.3, 0.4) is 0 Å². The second-order valence-electron chi connectivity index (χ2n) is 4.73. The Morgan fingerprint density at radius 2 is 1.96 bits per heavy atom. The molecule has 5 heteroatoms. The summed E-state index contributed by atoms with van der Waals surface area (Å²) in [6.07, 6.45) is 0.725. The van der Waals surface area contributed by atoms with Crippen LogP contribution in [0, 0.1) is 0 Å². The minimum Gasteiger partial charge on any atom is -0.494 e. The van der Waals surface area contributed by atoms with Crippen molar-refractivity contribution in [2.24, 2.45) is 0 Å². The molecule has 23 heavy (non-hydrogen) atoms. The normalized spacial score (nSPS) is 10.0. The lowest BCUT2D eigenvalue weighted by atomic mass is 10.1. The van der Waals surface area contributed by atoms with Crippen LogP contribution in [0.1, 0.15) is 33.2 Å². The topological polar surface area (TPSA) is 61.8 Å². The van der Waals surface area contributed by atoms with Crippen molar-refractivity contribution in [1.29, 1.82) is 0 Å². The number of methoxy groups -OCH3 is 1. The van der Waals surface area contributed by atoms with Gasteiger partial charge in [-0.2, -0.15) is 0 Å². The Labute approximate surface area is 134 Å². The third-order valence-corrected chi connectivity index (χ3v) is 3.16. The standard InChI is InChI=1S/C18H18O5/c1-3-22-16-7-8-17(15(10-16)11-19)23-12-13-5-4-6-14(9-13)18(20)21-2/h4-11H,3,12H2,1-2H3. The summed E-state index contributed by atoms with van der Waals surface area (Å²) < 4.78 is 15.7. The first kappa shape index (κ1) is 16.5. The van der Waals surface area contributed by atoms with Crippen LogP contribution in [0.15, 0.2) is 42.5 Å². The van der Waals surface area contributed by atoms with Crippen molar-refractivity contribution >= 4 is 12.3 Å². The van der Waals surface area contributed by atoms with Gasteiger partial charge < -0.3 is 14.2 Å². The predicted molar refractivity (Wildman–Crippen MR) is 85.1 cm³/mol. The highest BCUT2D eigenvalue weighted by Gasteiger charge is 2.08. The summed E-state index contributed by atoms with van der Waals surface area (Å²) in [4.78, 5) is 22.7. The molecule has 0 aliphatic rings. The molecule has 2 aromatic rings. The maximum absolute atomic E-state index is 11.5. The van der Waals surface area contributed by atoms with Crippen molar-refractivity contribution in [3.8, 4) is 11.5 Å². The molecule has 0 spiro atoms.